The maximum absolute atomic E-state index is 11.5. The molecule has 0 heterocycles. The molecule has 0 rings (SSSR count). The molecule has 0 aliphatic rings. The van der Waals surface area contributed by atoms with Crippen LogP contribution in [0.15, 0.2) is 11.8 Å². The van der Waals surface area contributed by atoms with Gasteiger partial charge in [0.2, 0.25) is 0 Å². The van der Waals surface area contributed by atoms with E-state index in [1.165, 1.54) is 6.92 Å². The second-order valence-electron chi connectivity index (χ2n) is 1.80. The van der Waals surface area contributed by atoms with Gasteiger partial charge in [-0.3, -0.25) is 5.41 Å². The van der Waals surface area contributed by atoms with Crippen molar-refractivity contribution in [2.75, 3.05) is 0 Å². The smallest absolute Gasteiger partial charge is 0.402 e. The Kier molecular flexibility index (Phi) is 2.45. The topological polar surface area (TPSA) is 49.9 Å². The summed E-state index contributed by atoms with van der Waals surface area (Å²) in [6.45, 7) is 1.29. The lowest BCUT2D eigenvalue weighted by molar-refractivity contribution is -0.0584. The van der Waals surface area contributed by atoms with Crippen molar-refractivity contribution in [3.8, 4) is 0 Å². The Morgan fingerprint density at radius 1 is 1.50 bits per heavy atom. The third-order valence-electron chi connectivity index (χ3n) is 0.677. The van der Waals surface area contributed by atoms with Crippen molar-refractivity contribution in [3.63, 3.8) is 0 Å². The van der Waals surface area contributed by atoms with Gasteiger partial charge in [0.15, 0.2) is 0 Å². The first-order valence-electron chi connectivity index (χ1n) is 2.43. The van der Waals surface area contributed by atoms with E-state index in [0.29, 0.717) is 6.08 Å². The second kappa shape index (κ2) is 2.72. The van der Waals surface area contributed by atoms with Gasteiger partial charge in [-0.1, -0.05) is 0 Å². The summed E-state index contributed by atoms with van der Waals surface area (Å²) in [6.07, 6.45) is -4.01. The van der Waals surface area contributed by atoms with Gasteiger partial charge in [-0.05, 0) is 13.0 Å². The van der Waals surface area contributed by atoms with E-state index >= 15 is 0 Å². The molecule has 0 atom stereocenters. The molecule has 10 heavy (non-hydrogen) atoms. The Bertz CT molecular complexity index is 164. The summed E-state index contributed by atoms with van der Waals surface area (Å²) < 4.78 is 34.5. The van der Waals surface area contributed by atoms with Gasteiger partial charge >= 0.3 is 6.18 Å². The first-order valence-corrected chi connectivity index (χ1v) is 2.43. The van der Waals surface area contributed by atoms with Crippen LogP contribution in [0.2, 0.25) is 0 Å². The molecule has 0 aromatic carbocycles. The van der Waals surface area contributed by atoms with Crippen LogP contribution in [-0.2, 0) is 0 Å². The third kappa shape index (κ3) is 3.11. The summed E-state index contributed by atoms with van der Waals surface area (Å²) in [6, 6.07) is 0. The average Bonchev–Trinajstić information content (AvgIpc) is 1.60. The maximum atomic E-state index is 11.5. The van der Waals surface area contributed by atoms with Crippen molar-refractivity contribution in [2.24, 2.45) is 5.73 Å². The van der Waals surface area contributed by atoms with E-state index in [4.69, 9.17) is 11.1 Å². The van der Waals surface area contributed by atoms with Gasteiger partial charge < -0.3 is 5.73 Å². The first kappa shape index (κ1) is 9.00. The highest BCUT2D eigenvalue weighted by atomic mass is 19.4. The van der Waals surface area contributed by atoms with E-state index in [1.807, 2.05) is 0 Å². The lowest BCUT2D eigenvalue weighted by atomic mass is 10.3. The van der Waals surface area contributed by atoms with Gasteiger partial charge in [0.1, 0.15) is 5.71 Å². The minimum absolute atomic E-state index is 0.0256. The summed E-state index contributed by atoms with van der Waals surface area (Å²) in [5.74, 6) is 0. The summed E-state index contributed by atoms with van der Waals surface area (Å²) in [7, 11) is 0. The van der Waals surface area contributed by atoms with Gasteiger partial charge in [0, 0.05) is 5.70 Å². The minimum Gasteiger partial charge on any atom is -0.402 e. The third-order valence-corrected chi connectivity index (χ3v) is 0.677. The molecule has 0 aliphatic heterocycles. The van der Waals surface area contributed by atoms with E-state index in [1.54, 1.807) is 0 Å². The molecule has 0 spiro atoms. The zero-order chi connectivity index (χ0) is 8.36. The number of nitrogens with two attached hydrogens (primary N) is 1. The molecule has 0 bridgehead atoms. The fourth-order valence-corrected chi connectivity index (χ4v) is 0.310. The van der Waals surface area contributed by atoms with Gasteiger partial charge in [-0.15, -0.1) is 0 Å². The Balaban J connectivity index is 4.27. The van der Waals surface area contributed by atoms with Crippen LogP contribution in [0.5, 0.6) is 0 Å². The highest BCUT2D eigenvalue weighted by Gasteiger charge is 2.32. The van der Waals surface area contributed by atoms with Crippen molar-refractivity contribution in [2.45, 2.75) is 13.1 Å². The van der Waals surface area contributed by atoms with E-state index in [-0.39, 0.29) is 5.70 Å². The van der Waals surface area contributed by atoms with Crippen molar-refractivity contribution in [1.82, 2.24) is 0 Å². The zero-order valence-corrected chi connectivity index (χ0v) is 5.29. The van der Waals surface area contributed by atoms with Crippen LogP contribution < -0.4 is 5.73 Å². The van der Waals surface area contributed by atoms with Crippen LogP contribution in [0.4, 0.5) is 13.2 Å². The largest absolute Gasteiger partial charge is 0.432 e. The average molecular weight is 152 g/mol. The SMILES string of the molecule is CC(N)=CC(=N)C(F)(F)F. The number of alkyl halides is 3. The Morgan fingerprint density at radius 3 is 2.00 bits per heavy atom. The minimum atomic E-state index is -4.58. The Hall–Kier alpha value is -1.00. The van der Waals surface area contributed by atoms with Crippen LogP contribution in [0, 0.1) is 5.41 Å². The van der Waals surface area contributed by atoms with E-state index in [2.05, 4.69) is 0 Å². The van der Waals surface area contributed by atoms with Crippen LogP contribution >= 0.6 is 0 Å². The highest BCUT2D eigenvalue weighted by Crippen LogP contribution is 2.16. The summed E-state index contributed by atoms with van der Waals surface area (Å²) in [5.41, 5.74) is 3.46. The van der Waals surface area contributed by atoms with Crippen molar-refractivity contribution < 1.29 is 13.2 Å². The molecule has 0 aliphatic carbocycles. The predicted molar refractivity (Wildman–Crippen MR) is 31.7 cm³/mol. The lowest BCUT2D eigenvalue weighted by Crippen LogP contribution is -2.20. The van der Waals surface area contributed by atoms with E-state index in [0.717, 1.165) is 0 Å². The molecule has 0 radical (unpaired) electrons. The molecule has 3 N–H and O–H groups in total. The Morgan fingerprint density at radius 2 is 1.90 bits per heavy atom. The lowest BCUT2D eigenvalue weighted by Gasteiger charge is -2.02. The Labute approximate surface area is 56.0 Å². The standard InChI is InChI=1S/C5H7F3N2/c1-3(9)2-4(10)5(6,7)8/h2,10H,9H2,1H3. The first-order chi connectivity index (χ1) is 4.34. The van der Waals surface area contributed by atoms with Crippen LogP contribution in [-0.4, -0.2) is 11.9 Å². The summed E-state index contributed by atoms with van der Waals surface area (Å²) in [5, 5.41) is 6.39. The summed E-state index contributed by atoms with van der Waals surface area (Å²) >= 11 is 0. The van der Waals surface area contributed by atoms with Crippen LogP contribution in [0.3, 0.4) is 0 Å². The van der Waals surface area contributed by atoms with Crippen LogP contribution in [0.25, 0.3) is 0 Å². The number of hydrogen-bond acceptors (Lipinski definition) is 2. The molecule has 2 nitrogen and oxygen atoms in total. The molecule has 58 valence electrons. The maximum Gasteiger partial charge on any atom is 0.432 e. The number of hydrogen-bond donors (Lipinski definition) is 2. The molecular formula is C5H7F3N2. The molecular weight excluding hydrogens is 145 g/mol. The van der Waals surface area contributed by atoms with Crippen molar-refractivity contribution in [1.29, 1.82) is 5.41 Å². The van der Waals surface area contributed by atoms with Gasteiger partial charge in [-0.2, -0.15) is 13.2 Å². The molecule has 0 saturated heterocycles. The fraction of sp³-hybridized carbons (Fsp3) is 0.400. The molecule has 0 saturated carbocycles. The molecule has 0 amide bonds. The molecule has 5 heteroatoms. The van der Waals surface area contributed by atoms with Gasteiger partial charge in [0.25, 0.3) is 0 Å². The monoisotopic (exact) mass is 152 g/mol. The number of nitrogens with one attached hydrogen (secondary N) is 1. The van der Waals surface area contributed by atoms with Crippen molar-refractivity contribution >= 4 is 5.71 Å². The number of allylic oxidation sites excluding steroid dienone is 2. The normalized spacial score (nSPS) is 13.4. The number of rotatable bonds is 1. The van der Waals surface area contributed by atoms with Gasteiger partial charge in [0.05, 0.1) is 0 Å². The molecule has 0 aromatic rings. The predicted octanol–water partition coefficient (Wildman–Crippen LogP) is 1.43. The van der Waals surface area contributed by atoms with E-state index < -0.39 is 11.9 Å². The summed E-state index contributed by atoms with van der Waals surface area (Å²) in [4.78, 5) is 0. The quantitative estimate of drug-likeness (QED) is 0.548. The van der Waals surface area contributed by atoms with Gasteiger partial charge in [-0.25, -0.2) is 0 Å². The second-order valence-corrected chi connectivity index (χ2v) is 1.80. The van der Waals surface area contributed by atoms with Crippen molar-refractivity contribution in [3.05, 3.63) is 11.8 Å². The van der Waals surface area contributed by atoms with Crippen LogP contribution in [0.1, 0.15) is 6.92 Å². The zero-order valence-electron chi connectivity index (χ0n) is 5.29. The number of halogens is 3. The van der Waals surface area contributed by atoms with E-state index in [9.17, 15) is 13.2 Å². The highest BCUT2D eigenvalue weighted by molar-refractivity contribution is 5.97. The molecule has 0 fully saturated rings. The fourth-order valence-electron chi connectivity index (χ4n) is 0.310. The molecule has 0 unspecified atom stereocenters. The molecule has 0 aromatic heterocycles.